The van der Waals surface area contributed by atoms with Crippen molar-refractivity contribution in [2.75, 3.05) is 75.3 Å². The molecule has 0 spiro atoms. The van der Waals surface area contributed by atoms with E-state index < -0.39 is 0 Å². The van der Waals surface area contributed by atoms with Crippen LogP contribution in [0.2, 0.25) is 0 Å². The molecule has 2 aromatic rings. The summed E-state index contributed by atoms with van der Waals surface area (Å²) >= 11 is 0. The predicted octanol–water partition coefficient (Wildman–Crippen LogP) is 2.05. The van der Waals surface area contributed by atoms with Gasteiger partial charge in [-0.05, 0) is 44.0 Å². The van der Waals surface area contributed by atoms with E-state index in [1.54, 1.807) is 0 Å². The lowest BCUT2D eigenvalue weighted by Gasteiger charge is -2.37. The molecule has 0 saturated carbocycles. The molecule has 4 heterocycles. The zero-order chi connectivity index (χ0) is 22.6. The van der Waals surface area contributed by atoms with Crippen LogP contribution in [0, 0.1) is 6.92 Å². The third-order valence-corrected chi connectivity index (χ3v) is 7.01. The maximum absolute atomic E-state index is 12.8. The number of anilines is 2. The Bertz CT molecular complexity index is 913. The summed E-state index contributed by atoms with van der Waals surface area (Å²) < 4.78 is 5.78. The fourth-order valence-electron chi connectivity index (χ4n) is 4.91. The van der Waals surface area contributed by atoms with Crippen molar-refractivity contribution in [1.82, 2.24) is 20.0 Å². The molecule has 5 rings (SSSR count). The van der Waals surface area contributed by atoms with Crippen LogP contribution in [0.1, 0.15) is 28.8 Å². The second-order valence-corrected chi connectivity index (χ2v) is 9.32. The molecule has 0 N–H and O–H groups in total. The Morgan fingerprint density at radius 3 is 2.03 bits per heavy atom. The Hall–Kier alpha value is -2.71. The predicted molar refractivity (Wildman–Crippen MR) is 129 cm³/mol. The lowest BCUT2D eigenvalue weighted by molar-refractivity contribution is 0.0712. The first-order chi connectivity index (χ1) is 16.2. The van der Waals surface area contributed by atoms with E-state index in [1.807, 2.05) is 36.1 Å². The van der Waals surface area contributed by atoms with Crippen LogP contribution in [0.3, 0.4) is 0 Å². The lowest BCUT2D eigenvalue weighted by Crippen LogP contribution is -2.49. The quantitative estimate of drug-likeness (QED) is 0.691. The fraction of sp³-hybridized carbons (Fsp3) is 0.560. The molecule has 3 fully saturated rings. The number of aryl methyl sites for hydroxylation is 1. The van der Waals surface area contributed by atoms with Gasteiger partial charge in [-0.1, -0.05) is 17.7 Å². The van der Waals surface area contributed by atoms with Crippen molar-refractivity contribution in [2.24, 2.45) is 0 Å². The minimum absolute atomic E-state index is 0.106. The highest BCUT2D eigenvalue weighted by molar-refractivity contribution is 5.94. The van der Waals surface area contributed by atoms with Gasteiger partial charge in [0.1, 0.15) is 0 Å². The number of nitrogens with zero attached hydrogens (tertiary/aromatic N) is 6. The molecule has 8 nitrogen and oxygen atoms in total. The molecular formula is C25H34N6O2. The van der Waals surface area contributed by atoms with E-state index >= 15 is 0 Å². The van der Waals surface area contributed by atoms with Gasteiger partial charge in [0.15, 0.2) is 11.6 Å². The Kier molecular flexibility index (Phi) is 6.73. The van der Waals surface area contributed by atoms with Crippen molar-refractivity contribution in [3.63, 3.8) is 0 Å². The topological polar surface area (TPSA) is 65.0 Å². The number of carbonyl (C=O) groups is 1. The molecule has 3 aliphatic heterocycles. The average Bonchev–Trinajstić information content (AvgIpc) is 3.38. The Morgan fingerprint density at radius 2 is 1.48 bits per heavy atom. The first-order valence-electron chi connectivity index (χ1n) is 12.2. The number of carbonyl (C=O) groups excluding carboxylic acids is 1. The van der Waals surface area contributed by atoms with E-state index in [0.29, 0.717) is 19.2 Å². The monoisotopic (exact) mass is 450 g/mol. The van der Waals surface area contributed by atoms with Gasteiger partial charge in [0.2, 0.25) is 0 Å². The molecule has 1 atom stereocenters. The van der Waals surface area contributed by atoms with Crippen molar-refractivity contribution in [3.05, 3.63) is 47.5 Å². The Balaban J connectivity index is 1.10. The van der Waals surface area contributed by atoms with Gasteiger partial charge in [-0.25, -0.2) is 0 Å². The van der Waals surface area contributed by atoms with Gasteiger partial charge in [-0.15, -0.1) is 10.2 Å². The number of aromatic nitrogens is 2. The maximum Gasteiger partial charge on any atom is 0.253 e. The molecular weight excluding hydrogens is 416 g/mol. The van der Waals surface area contributed by atoms with Gasteiger partial charge < -0.3 is 19.4 Å². The number of rotatable bonds is 5. The molecule has 8 heteroatoms. The van der Waals surface area contributed by atoms with Gasteiger partial charge in [0, 0.05) is 71.1 Å². The van der Waals surface area contributed by atoms with Crippen LogP contribution < -0.4 is 9.80 Å². The van der Waals surface area contributed by atoms with Crippen molar-refractivity contribution < 1.29 is 9.53 Å². The number of amides is 1. The standard InChI is InChI=1S/C25H34N6O2/c1-20-4-6-21(7-5-20)25(32)31-16-14-30(15-17-31)24-9-8-23(26-27-24)29-12-10-28(11-13-29)19-22-3-2-18-33-22/h4-9,22H,2-3,10-19H2,1H3. The Morgan fingerprint density at radius 1 is 0.879 bits per heavy atom. The molecule has 1 aromatic heterocycles. The normalized spacial score (nSPS) is 22.1. The van der Waals surface area contributed by atoms with Gasteiger partial charge in [-0.2, -0.15) is 0 Å². The summed E-state index contributed by atoms with van der Waals surface area (Å²) in [6.45, 7) is 11.0. The summed E-state index contributed by atoms with van der Waals surface area (Å²) in [5.41, 5.74) is 1.92. The van der Waals surface area contributed by atoms with Crippen molar-refractivity contribution in [1.29, 1.82) is 0 Å². The lowest BCUT2D eigenvalue weighted by atomic mass is 10.1. The summed E-state index contributed by atoms with van der Waals surface area (Å²) in [4.78, 5) is 21.7. The number of ether oxygens (including phenoxy) is 1. The van der Waals surface area contributed by atoms with Crippen LogP contribution >= 0.6 is 0 Å². The van der Waals surface area contributed by atoms with Crippen LogP contribution in [-0.4, -0.2) is 97.5 Å². The Labute approximate surface area is 196 Å². The van der Waals surface area contributed by atoms with Crippen LogP contribution in [0.25, 0.3) is 0 Å². The van der Waals surface area contributed by atoms with E-state index in [9.17, 15) is 4.79 Å². The van der Waals surface area contributed by atoms with Gasteiger partial charge in [0.05, 0.1) is 6.10 Å². The smallest absolute Gasteiger partial charge is 0.253 e. The molecule has 0 bridgehead atoms. The van der Waals surface area contributed by atoms with Crippen LogP contribution in [-0.2, 0) is 4.74 Å². The molecule has 33 heavy (non-hydrogen) atoms. The largest absolute Gasteiger partial charge is 0.377 e. The minimum atomic E-state index is 0.106. The first kappa shape index (κ1) is 22.1. The molecule has 3 aliphatic rings. The fourth-order valence-corrected chi connectivity index (χ4v) is 4.91. The highest BCUT2D eigenvalue weighted by Crippen LogP contribution is 2.20. The van der Waals surface area contributed by atoms with Crippen LogP contribution in [0.15, 0.2) is 36.4 Å². The van der Waals surface area contributed by atoms with Crippen molar-refractivity contribution >= 4 is 17.5 Å². The van der Waals surface area contributed by atoms with Crippen LogP contribution in [0.5, 0.6) is 0 Å². The van der Waals surface area contributed by atoms with E-state index in [0.717, 1.165) is 69.6 Å². The maximum atomic E-state index is 12.8. The van der Waals surface area contributed by atoms with E-state index in [1.165, 1.54) is 18.4 Å². The average molecular weight is 451 g/mol. The summed E-state index contributed by atoms with van der Waals surface area (Å²) in [5, 5.41) is 9.04. The van der Waals surface area contributed by atoms with Gasteiger partial charge >= 0.3 is 0 Å². The molecule has 1 unspecified atom stereocenters. The second-order valence-electron chi connectivity index (χ2n) is 9.32. The van der Waals surface area contributed by atoms with E-state index in [2.05, 4.69) is 37.0 Å². The van der Waals surface area contributed by atoms with E-state index in [4.69, 9.17) is 4.74 Å². The van der Waals surface area contributed by atoms with E-state index in [-0.39, 0.29) is 5.91 Å². The number of piperazine rings is 2. The van der Waals surface area contributed by atoms with Gasteiger partial charge in [0.25, 0.3) is 5.91 Å². The molecule has 0 radical (unpaired) electrons. The molecule has 1 aromatic carbocycles. The summed E-state index contributed by atoms with van der Waals surface area (Å²) in [6.07, 6.45) is 2.81. The first-order valence-corrected chi connectivity index (χ1v) is 12.2. The molecule has 1 amide bonds. The third-order valence-electron chi connectivity index (χ3n) is 7.01. The van der Waals surface area contributed by atoms with Crippen molar-refractivity contribution in [2.45, 2.75) is 25.9 Å². The molecule has 176 valence electrons. The highest BCUT2D eigenvalue weighted by atomic mass is 16.5. The minimum Gasteiger partial charge on any atom is -0.377 e. The summed E-state index contributed by atoms with van der Waals surface area (Å²) in [7, 11) is 0. The van der Waals surface area contributed by atoms with Crippen LogP contribution in [0.4, 0.5) is 11.6 Å². The molecule has 3 saturated heterocycles. The zero-order valence-electron chi connectivity index (χ0n) is 19.5. The number of hydrogen-bond acceptors (Lipinski definition) is 7. The number of hydrogen-bond donors (Lipinski definition) is 0. The van der Waals surface area contributed by atoms with Gasteiger partial charge in [-0.3, -0.25) is 9.69 Å². The molecule has 0 aliphatic carbocycles. The zero-order valence-corrected chi connectivity index (χ0v) is 19.5. The summed E-state index contributed by atoms with van der Waals surface area (Å²) in [6, 6.07) is 12.0. The highest BCUT2D eigenvalue weighted by Gasteiger charge is 2.25. The second kappa shape index (κ2) is 10.1. The summed E-state index contributed by atoms with van der Waals surface area (Å²) in [5.74, 6) is 1.94. The van der Waals surface area contributed by atoms with Crippen molar-refractivity contribution in [3.8, 4) is 0 Å². The number of benzene rings is 1. The SMILES string of the molecule is Cc1ccc(C(=O)N2CCN(c3ccc(N4CCN(CC5CCCO5)CC4)nn3)CC2)cc1. The third kappa shape index (κ3) is 5.28.